The standard InChI is InChI=1S/C13H23N3/c1-11-9-14-6-5-12(11)10-15-7-8-16-13(2,3)4/h5-6,9,15-16H,7-8,10H2,1-4H3. The molecule has 3 nitrogen and oxygen atoms in total. The van der Waals surface area contributed by atoms with Gasteiger partial charge in [-0.05, 0) is 44.9 Å². The van der Waals surface area contributed by atoms with Gasteiger partial charge in [0, 0.05) is 37.6 Å². The first kappa shape index (κ1) is 13.1. The van der Waals surface area contributed by atoms with Gasteiger partial charge in [0.1, 0.15) is 0 Å². The Balaban J connectivity index is 2.19. The van der Waals surface area contributed by atoms with Gasteiger partial charge in [-0.3, -0.25) is 4.98 Å². The average Bonchev–Trinajstić information content (AvgIpc) is 2.18. The van der Waals surface area contributed by atoms with Crippen molar-refractivity contribution in [3.63, 3.8) is 0 Å². The first-order valence-corrected chi connectivity index (χ1v) is 5.84. The Morgan fingerprint density at radius 3 is 2.62 bits per heavy atom. The highest BCUT2D eigenvalue weighted by atomic mass is 15.0. The molecule has 0 radical (unpaired) electrons. The maximum absolute atomic E-state index is 4.08. The molecule has 1 rings (SSSR count). The summed E-state index contributed by atoms with van der Waals surface area (Å²) < 4.78 is 0. The van der Waals surface area contributed by atoms with E-state index in [9.17, 15) is 0 Å². The monoisotopic (exact) mass is 221 g/mol. The highest BCUT2D eigenvalue weighted by molar-refractivity contribution is 5.21. The molecule has 0 bridgehead atoms. The molecule has 90 valence electrons. The third-order valence-electron chi connectivity index (χ3n) is 2.41. The van der Waals surface area contributed by atoms with E-state index < -0.39 is 0 Å². The molecule has 3 heteroatoms. The molecule has 0 saturated carbocycles. The summed E-state index contributed by atoms with van der Waals surface area (Å²) in [6, 6.07) is 2.07. The van der Waals surface area contributed by atoms with Crippen LogP contribution in [0.1, 0.15) is 31.9 Å². The summed E-state index contributed by atoms with van der Waals surface area (Å²) in [5.41, 5.74) is 2.78. The Morgan fingerprint density at radius 1 is 1.25 bits per heavy atom. The maximum atomic E-state index is 4.08. The minimum Gasteiger partial charge on any atom is -0.311 e. The van der Waals surface area contributed by atoms with E-state index in [1.165, 1.54) is 11.1 Å². The molecule has 0 atom stereocenters. The lowest BCUT2D eigenvalue weighted by atomic mass is 10.1. The zero-order chi connectivity index (χ0) is 12.0. The van der Waals surface area contributed by atoms with Crippen LogP contribution in [0.3, 0.4) is 0 Å². The third-order valence-corrected chi connectivity index (χ3v) is 2.41. The van der Waals surface area contributed by atoms with E-state index in [4.69, 9.17) is 0 Å². The molecule has 1 aromatic heterocycles. The van der Waals surface area contributed by atoms with Gasteiger partial charge < -0.3 is 10.6 Å². The van der Waals surface area contributed by atoms with Gasteiger partial charge in [-0.25, -0.2) is 0 Å². The van der Waals surface area contributed by atoms with Crippen molar-refractivity contribution < 1.29 is 0 Å². The molecule has 0 aliphatic heterocycles. The Bertz CT molecular complexity index is 315. The van der Waals surface area contributed by atoms with Gasteiger partial charge in [0.2, 0.25) is 0 Å². The van der Waals surface area contributed by atoms with E-state index in [0.29, 0.717) is 0 Å². The van der Waals surface area contributed by atoms with E-state index in [-0.39, 0.29) is 5.54 Å². The fraction of sp³-hybridized carbons (Fsp3) is 0.615. The fourth-order valence-corrected chi connectivity index (χ4v) is 1.45. The van der Waals surface area contributed by atoms with Gasteiger partial charge in [0.25, 0.3) is 0 Å². The van der Waals surface area contributed by atoms with E-state index in [2.05, 4.69) is 49.4 Å². The van der Waals surface area contributed by atoms with Gasteiger partial charge >= 0.3 is 0 Å². The van der Waals surface area contributed by atoms with Crippen LogP contribution < -0.4 is 10.6 Å². The summed E-state index contributed by atoms with van der Waals surface area (Å²) in [5.74, 6) is 0. The highest BCUT2D eigenvalue weighted by Crippen LogP contribution is 2.03. The van der Waals surface area contributed by atoms with Crippen LogP contribution in [0.25, 0.3) is 0 Å². The Kier molecular flexibility index (Phi) is 4.90. The maximum Gasteiger partial charge on any atom is 0.0300 e. The lowest BCUT2D eigenvalue weighted by Crippen LogP contribution is -2.40. The quantitative estimate of drug-likeness (QED) is 0.745. The van der Waals surface area contributed by atoms with Crippen LogP contribution in [0.15, 0.2) is 18.5 Å². The first-order valence-electron chi connectivity index (χ1n) is 5.84. The van der Waals surface area contributed by atoms with Crippen molar-refractivity contribution in [3.05, 3.63) is 29.6 Å². The van der Waals surface area contributed by atoms with Crippen LogP contribution in [0.5, 0.6) is 0 Å². The van der Waals surface area contributed by atoms with Crippen LogP contribution in [0, 0.1) is 6.92 Å². The second-order valence-electron chi connectivity index (χ2n) is 5.16. The molecule has 1 heterocycles. The average molecular weight is 221 g/mol. The molecule has 1 aromatic rings. The Hall–Kier alpha value is -0.930. The molecule has 0 amide bonds. The lowest BCUT2D eigenvalue weighted by molar-refractivity contribution is 0.421. The molecule has 2 N–H and O–H groups in total. The summed E-state index contributed by atoms with van der Waals surface area (Å²) in [5, 5.41) is 6.87. The van der Waals surface area contributed by atoms with Crippen LogP contribution in [0.4, 0.5) is 0 Å². The minimum atomic E-state index is 0.203. The Labute approximate surface area is 98.7 Å². The van der Waals surface area contributed by atoms with E-state index in [1.807, 2.05) is 12.4 Å². The summed E-state index contributed by atoms with van der Waals surface area (Å²) in [4.78, 5) is 4.08. The second kappa shape index (κ2) is 5.97. The third kappa shape index (κ3) is 5.24. The second-order valence-corrected chi connectivity index (χ2v) is 5.16. The summed E-state index contributed by atoms with van der Waals surface area (Å²) in [6.07, 6.45) is 3.75. The fourth-order valence-electron chi connectivity index (χ4n) is 1.45. The van der Waals surface area contributed by atoms with Gasteiger partial charge in [0.05, 0.1) is 0 Å². The number of nitrogens with one attached hydrogen (secondary N) is 2. The van der Waals surface area contributed by atoms with E-state index >= 15 is 0 Å². The molecule has 0 unspecified atom stereocenters. The molecule has 0 aliphatic carbocycles. The van der Waals surface area contributed by atoms with Crippen molar-refractivity contribution in [2.24, 2.45) is 0 Å². The van der Waals surface area contributed by atoms with E-state index in [1.54, 1.807) is 0 Å². The van der Waals surface area contributed by atoms with Crippen molar-refractivity contribution in [2.75, 3.05) is 13.1 Å². The molecule has 0 aromatic carbocycles. The normalized spacial score (nSPS) is 11.8. The van der Waals surface area contributed by atoms with Crippen LogP contribution in [0.2, 0.25) is 0 Å². The molecule has 0 spiro atoms. The van der Waals surface area contributed by atoms with Crippen LogP contribution in [-0.2, 0) is 6.54 Å². The van der Waals surface area contributed by atoms with Crippen molar-refractivity contribution in [2.45, 2.75) is 39.8 Å². The number of rotatable bonds is 5. The van der Waals surface area contributed by atoms with Crippen molar-refractivity contribution in [3.8, 4) is 0 Å². The molecule has 0 saturated heterocycles. The summed E-state index contributed by atoms with van der Waals surface area (Å²) in [6.45, 7) is 11.5. The number of aromatic nitrogens is 1. The SMILES string of the molecule is Cc1cnccc1CNCCNC(C)(C)C. The molecular formula is C13H23N3. The molecular weight excluding hydrogens is 198 g/mol. The van der Waals surface area contributed by atoms with Gasteiger partial charge in [0.15, 0.2) is 0 Å². The number of hydrogen-bond donors (Lipinski definition) is 2. The molecule has 0 aliphatic rings. The first-order chi connectivity index (χ1) is 7.49. The van der Waals surface area contributed by atoms with Gasteiger partial charge in [-0.15, -0.1) is 0 Å². The van der Waals surface area contributed by atoms with Gasteiger partial charge in [-0.1, -0.05) is 0 Å². The van der Waals surface area contributed by atoms with Crippen molar-refractivity contribution in [1.82, 2.24) is 15.6 Å². The largest absolute Gasteiger partial charge is 0.311 e. The number of hydrogen-bond acceptors (Lipinski definition) is 3. The zero-order valence-corrected chi connectivity index (χ0v) is 10.8. The smallest absolute Gasteiger partial charge is 0.0300 e. The van der Waals surface area contributed by atoms with Crippen molar-refractivity contribution in [1.29, 1.82) is 0 Å². The van der Waals surface area contributed by atoms with Crippen LogP contribution in [-0.4, -0.2) is 23.6 Å². The number of pyridine rings is 1. The zero-order valence-electron chi connectivity index (χ0n) is 10.8. The Morgan fingerprint density at radius 2 is 2.00 bits per heavy atom. The summed E-state index contributed by atoms with van der Waals surface area (Å²) >= 11 is 0. The van der Waals surface area contributed by atoms with E-state index in [0.717, 1.165) is 19.6 Å². The molecule has 16 heavy (non-hydrogen) atoms. The minimum absolute atomic E-state index is 0.203. The number of aryl methyl sites for hydroxylation is 1. The summed E-state index contributed by atoms with van der Waals surface area (Å²) in [7, 11) is 0. The predicted molar refractivity (Wildman–Crippen MR) is 68.4 cm³/mol. The van der Waals surface area contributed by atoms with Gasteiger partial charge in [-0.2, -0.15) is 0 Å². The number of nitrogens with zero attached hydrogens (tertiary/aromatic N) is 1. The highest BCUT2D eigenvalue weighted by Gasteiger charge is 2.06. The molecule has 0 fully saturated rings. The van der Waals surface area contributed by atoms with Crippen molar-refractivity contribution >= 4 is 0 Å². The van der Waals surface area contributed by atoms with Crippen LogP contribution >= 0.6 is 0 Å². The predicted octanol–water partition coefficient (Wildman–Crippen LogP) is 1.87. The lowest BCUT2D eigenvalue weighted by Gasteiger charge is -2.20. The topological polar surface area (TPSA) is 37.0 Å².